The van der Waals surface area contributed by atoms with Gasteiger partial charge in [-0.15, -0.1) is 0 Å². The Labute approximate surface area is 211 Å². The Morgan fingerprint density at radius 3 is 2.11 bits per heavy atom. The minimum absolute atomic E-state index is 0.0370. The van der Waals surface area contributed by atoms with Crippen LogP contribution in [0.15, 0.2) is 66.1 Å². The second kappa shape index (κ2) is 8.54. The van der Waals surface area contributed by atoms with E-state index in [0.717, 1.165) is 5.56 Å². The highest BCUT2D eigenvalue weighted by molar-refractivity contribution is 6.09. The molecule has 1 N–H and O–H groups in total. The highest BCUT2D eigenvalue weighted by Crippen LogP contribution is 2.48. The van der Waals surface area contributed by atoms with Crippen molar-refractivity contribution in [2.45, 2.75) is 59.3 Å². The number of carbonyl (C=O) groups excluding carboxylic acids is 3. The predicted octanol–water partition coefficient (Wildman–Crippen LogP) is 5.86. The summed E-state index contributed by atoms with van der Waals surface area (Å²) in [6.45, 7) is 7.70. The lowest BCUT2D eigenvalue weighted by Gasteiger charge is -2.38. The van der Waals surface area contributed by atoms with Gasteiger partial charge in [-0.3, -0.25) is 18.8 Å². The van der Waals surface area contributed by atoms with Crippen LogP contribution in [-0.4, -0.2) is 31.8 Å². The molecular weight excluding hydrogens is 452 g/mol. The molecule has 0 bridgehead atoms. The highest BCUT2D eigenvalue weighted by atomic mass is 16.3. The molecule has 0 amide bonds. The predicted molar refractivity (Wildman–Crippen MR) is 138 cm³/mol. The van der Waals surface area contributed by atoms with Crippen LogP contribution in [-0.2, 0) is 14.4 Å². The summed E-state index contributed by atoms with van der Waals surface area (Å²) >= 11 is 0. The van der Waals surface area contributed by atoms with Gasteiger partial charge in [0.2, 0.25) is 0 Å². The number of carbonyl (C=O) groups is 3. The van der Waals surface area contributed by atoms with Gasteiger partial charge in [-0.25, -0.2) is 4.98 Å². The van der Waals surface area contributed by atoms with E-state index >= 15 is 0 Å². The molecule has 0 aliphatic heterocycles. The number of nitrogens with zero attached hydrogens (tertiary/aromatic N) is 2. The summed E-state index contributed by atoms with van der Waals surface area (Å²) in [4.78, 5) is 45.7. The number of benzene rings is 1. The van der Waals surface area contributed by atoms with Crippen molar-refractivity contribution in [3.8, 4) is 11.4 Å². The second-order valence-corrected chi connectivity index (χ2v) is 11.8. The Hall–Kier alpha value is -3.54. The van der Waals surface area contributed by atoms with Crippen LogP contribution in [0.1, 0.15) is 65.0 Å². The normalized spacial score (nSPS) is 21.3. The van der Waals surface area contributed by atoms with Gasteiger partial charge in [-0.1, -0.05) is 64.1 Å². The second-order valence-electron chi connectivity index (χ2n) is 11.8. The van der Waals surface area contributed by atoms with Crippen LogP contribution in [0.3, 0.4) is 0 Å². The van der Waals surface area contributed by atoms with E-state index in [1.54, 1.807) is 0 Å². The first kappa shape index (κ1) is 24.2. The van der Waals surface area contributed by atoms with Crippen molar-refractivity contribution in [3.63, 3.8) is 0 Å². The van der Waals surface area contributed by atoms with E-state index in [9.17, 15) is 19.5 Å². The highest BCUT2D eigenvalue weighted by Gasteiger charge is 2.49. The maximum absolute atomic E-state index is 13.6. The van der Waals surface area contributed by atoms with Crippen LogP contribution >= 0.6 is 0 Å². The van der Waals surface area contributed by atoms with Gasteiger partial charge >= 0.3 is 0 Å². The standard InChI is InChI=1S/C30H32N2O4/c1-29(2)14-20(33)24(21(34)15-29)26(25-22(35)16-30(3,4)17-23(25)36)27-19-12-8-9-13-32(19)28(31-27)18-10-6-5-7-11-18/h5-13,24,26,35H,14-17H2,1-4H3. The minimum atomic E-state index is -1.05. The first-order valence-electron chi connectivity index (χ1n) is 12.5. The summed E-state index contributed by atoms with van der Waals surface area (Å²) in [7, 11) is 0. The summed E-state index contributed by atoms with van der Waals surface area (Å²) in [5, 5.41) is 11.2. The largest absolute Gasteiger partial charge is 0.512 e. The number of aromatic nitrogens is 2. The van der Waals surface area contributed by atoms with Crippen LogP contribution in [0.2, 0.25) is 0 Å². The molecule has 0 radical (unpaired) electrons. The van der Waals surface area contributed by atoms with E-state index in [4.69, 9.17) is 4.98 Å². The first-order chi connectivity index (χ1) is 17.0. The van der Waals surface area contributed by atoms with Gasteiger partial charge in [0.25, 0.3) is 0 Å². The van der Waals surface area contributed by atoms with Crippen LogP contribution in [0.4, 0.5) is 0 Å². The summed E-state index contributed by atoms with van der Waals surface area (Å²) in [6.07, 6.45) is 2.91. The van der Waals surface area contributed by atoms with Crippen molar-refractivity contribution < 1.29 is 19.5 Å². The molecule has 1 aromatic carbocycles. The summed E-state index contributed by atoms with van der Waals surface area (Å²) in [5.74, 6) is -1.98. The average molecular weight is 485 g/mol. The molecule has 36 heavy (non-hydrogen) atoms. The number of aliphatic hydroxyl groups is 1. The molecule has 2 aliphatic rings. The van der Waals surface area contributed by atoms with Gasteiger partial charge in [-0.2, -0.15) is 0 Å². The number of rotatable bonds is 4. The zero-order chi connectivity index (χ0) is 25.8. The maximum atomic E-state index is 13.6. The average Bonchev–Trinajstić information content (AvgIpc) is 3.15. The number of aliphatic hydroxyl groups excluding tert-OH is 1. The lowest BCUT2D eigenvalue weighted by molar-refractivity contribution is -0.140. The Morgan fingerprint density at radius 2 is 1.47 bits per heavy atom. The molecule has 1 unspecified atom stereocenters. The molecule has 2 aromatic heterocycles. The topological polar surface area (TPSA) is 88.7 Å². The first-order valence-corrected chi connectivity index (χ1v) is 12.5. The Balaban J connectivity index is 1.77. The molecule has 2 heterocycles. The smallest absolute Gasteiger partial charge is 0.163 e. The summed E-state index contributed by atoms with van der Waals surface area (Å²) in [5.41, 5.74) is 1.41. The van der Waals surface area contributed by atoms with Crippen molar-refractivity contribution in [2.24, 2.45) is 16.7 Å². The van der Waals surface area contributed by atoms with Crippen molar-refractivity contribution in [3.05, 3.63) is 71.8 Å². The molecule has 0 spiro atoms. The number of pyridine rings is 1. The van der Waals surface area contributed by atoms with Gasteiger partial charge in [0.05, 0.1) is 23.0 Å². The van der Waals surface area contributed by atoms with Gasteiger partial charge < -0.3 is 5.11 Å². The lowest BCUT2D eigenvalue weighted by Crippen LogP contribution is -2.43. The SMILES string of the molecule is CC1(C)CC(=O)C(C(C2=C(O)CC(C)(C)CC2=O)c2nc(-c3ccccc3)n3ccccc23)C(=O)C1. The quantitative estimate of drug-likeness (QED) is 0.469. The Bertz CT molecular complexity index is 1390. The van der Waals surface area contributed by atoms with Crippen LogP contribution < -0.4 is 0 Å². The van der Waals surface area contributed by atoms with E-state index in [2.05, 4.69) is 0 Å². The number of allylic oxidation sites excluding steroid dienone is 2. The van der Waals surface area contributed by atoms with Crippen molar-refractivity contribution in [2.75, 3.05) is 0 Å². The molecule has 6 heteroatoms. The molecule has 1 saturated carbocycles. The fourth-order valence-electron chi connectivity index (χ4n) is 5.97. The molecular formula is C30H32N2O4. The third-order valence-electron chi connectivity index (χ3n) is 7.44. The number of hydrogen-bond acceptors (Lipinski definition) is 5. The van der Waals surface area contributed by atoms with Crippen molar-refractivity contribution in [1.82, 2.24) is 9.38 Å². The number of hydrogen-bond donors (Lipinski definition) is 1. The van der Waals surface area contributed by atoms with Gasteiger partial charge in [0, 0.05) is 43.0 Å². The monoisotopic (exact) mass is 484 g/mol. The summed E-state index contributed by atoms with van der Waals surface area (Å²) in [6, 6.07) is 15.3. The lowest BCUT2D eigenvalue weighted by atomic mass is 9.63. The zero-order valence-electron chi connectivity index (χ0n) is 21.2. The molecule has 3 aromatic rings. The number of ketones is 3. The van der Waals surface area contributed by atoms with Gasteiger partial charge in [-0.05, 0) is 23.0 Å². The molecule has 2 aliphatic carbocycles. The van der Waals surface area contributed by atoms with E-state index in [0.29, 0.717) is 23.5 Å². The van der Waals surface area contributed by atoms with Crippen molar-refractivity contribution in [1.29, 1.82) is 0 Å². The molecule has 186 valence electrons. The Kier molecular flexibility index (Phi) is 5.73. The van der Waals surface area contributed by atoms with E-state index < -0.39 is 22.7 Å². The van der Waals surface area contributed by atoms with Crippen LogP contribution in [0.5, 0.6) is 0 Å². The van der Waals surface area contributed by atoms with Crippen molar-refractivity contribution >= 4 is 22.9 Å². The number of Topliss-reactive ketones (excluding diaryl/α,β-unsaturated/α-hetero) is 3. The molecule has 0 saturated heterocycles. The molecule has 5 rings (SSSR count). The molecule has 1 fully saturated rings. The van der Waals surface area contributed by atoms with E-state index in [1.807, 2.05) is 86.8 Å². The van der Waals surface area contributed by atoms with E-state index in [-0.39, 0.29) is 47.9 Å². The van der Waals surface area contributed by atoms with Crippen LogP contribution in [0, 0.1) is 16.7 Å². The number of imidazole rings is 1. The molecule has 6 nitrogen and oxygen atoms in total. The fourth-order valence-corrected chi connectivity index (χ4v) is 5.97. The number of fused-ring (bicyclic) bond motifs is 1. The minimum Gasteiger partial charge on any atom is -0.512 e. The van der Waals surface area contributed by atoms with Gasteiger partial charge in [0.15, 0.2) is 5.78 Å². The zero-order valence-corrected chi connectivity index (χ0v) is 21.2. The Morgan fingerprint density at radius 1 is 0.861 bits per heavy atom. The third kappa shape index (κ3) is 4.19. The summed E-state index contributed by atoms with van der Waals surface area (Å²) < 4.78 is 1.92. The van der Waals surface area contributed by atoms with Crippen LogP contribution in [0.25, 0.3) is 16.9 Å². The third-order valence-corrected chi connectivity index (χ3v) is 7.44. The van der Waals surface area contributed by atoms with E-state index in [1.165, 1.54) is 0 Å². The van der Waals surface area contributed by atoms with Gasteiger partial charge in [0.1, 0.15) is 23.2 Å². The fraction of sp³-hybridized carbons (Fsp3) is 0.400. The maximum Gasteiger partial charge on any atom is 0.163 e. The molecule has 1 atom stereocenters.